The van der Waals surface area contributed by atoms with Crippen LogP contribution in [0.1, 0.15) is 62.2 Å². The molecule has 2 amide bonds. The zero-order valence-corrected chi connectivity index (χ0v) is 15.6. The largest absolute Gasteiger partial charge is 0.378 e. The number of carbonyl (C=O) groups excluding carboxylic acids is 2. The monoisotopic (exact) mass is 358 g/mol. The molecule has 2 aliphatic rings. The van der Waals surface area contributed by atoms with Crippen molar-refractivity contribution in [1.82, 2.24) is 5.32 Å². The van der Waals surface area contributed by atoms with Gasteiger partial charge in [0.15, 0.2) is 0 Å². The average molecular weight is 358 g/mol. The summed E-state index contributed by atoms with van der Waals surface area (Å²) in [6.45, 7) is 3.40. The van der Waals surface area contributed by atoms with E-state index in [1.807, 2.05) is 0 Å². The summed E-state index contributed by atoms with van der Waals surface area (Å²) in [5, 5.41) is 5.83. The molecule has 2 atom stereocenters. The lowest BCUT2D eigenvalue weighted by molar-refractivity contribution is -0.117. The SMILES string of the molecule is CC1CC1C(=O)Nc1ccc(C(=O)NCCCOC2CCCCC2)cc1. The fourth-order valence-electron chi connectivity index (χ4n) is 3.49. The zero-order chi connectivity index (χ0) is 18.4. The van der Waals surface area contributed by atoms with E-state index in [0.29, 0.717) is 30.7 Å². The van der Waals surface area contributed by atoms with Gasteiger partial charge in [-0.15, -0.1) is 0 Å². The van der Waals surface area contributed by atoms with E-state index in [0.717, 1.165) is 18.5 Å². The minimum absolute atomic E-state index is 0.0765. The third-order valence-corrected chi connectivity index (χ3v) is 5.37. The van der Waals surface area contributed by atoms with Crippen LogP contribution in [0, 0.1) is 11.8 Å². The number of benzene rings is 1. The Morgan fingerprint density at radius 3 is 2.46 bits per heavy atom. The maximum Gasteiger partial charge on any atom is 0.251 e. The Balaban J connectivity index is 1.33. The van der Waals surface area contributed by atoms with Gasteiger partial charge >= 0.3 is 0 Å². The van der Waals surface area contributed by atoms with E-state index >= 15 is 0 Å². The minimum Gasteiger partial charge on any atom is -0.378 e. The van der Waals surface area contributed by atoms with Gasteiger partial charge in [0.1, 0.15) is 0 Å². The van der Waals surface area contributed by atoms with E-state index < -0.39 is 0 Å². The van der Waals surface area contributed by atoms with Crippen LogP contribution in [0.4, 0.5) is 5.69 Å². The van der Waals surface area contributed by atoms with Gasteiger partial charge in [0, 0.05) is 30.3 Å². The first-order valence-corrected chi connectivity index (χ1v) is 9.94. The molecule has 142 valence electrons. The summed E-state index contributed by atoms with van der Waals surface area (Å²) in [5.74, 6) is 0.625. The molecule has 0 spiro atoms. The number of hydrogen-bond acceptors (Lipinski definition) is 3. The van der Waals surface area contributed by atoms with Crippen LogP contribution < -0.4 is 10.6 Å². The maximum atomic E-state index is 12.2. The lowest BCUT2D eigenvalue weighted by Crippen LogP contribution is -2.26. The Labute approximate surface area is 155 Å². The van der Waals surface area contributed by atoms with Gasteiger partial charge in [-0.2, -0.15) is 0 Å². The smallest absolute Gasteiger partial charge is 0.251 e. The summed E-state index contributed by atoms with van der Waals surface area (Å²) in [6.07, 6.45) is 8.45. The Morgan fingerprint density at radius 1 is 1.12 bits per heavy atom. The highest BCUT2D eigenvalue weighted by molar-refractivity contribution is 5.96. The normalized spacial score (nSPS) is 22.7. The van der Waals surface area contributed by atoms with E-state index in [9.17, 15) is 9.59 Å². The van der Waals surface area contributed by atoms with Gasteiger partial charge in [0.05, 0.1) is 6.10 Å². The van der Waals surface area contributed by atoms with Crippen LogP contribution in [0.5, 0.6) is 0 Å². The van der Waals surface area contributed by atoms with E-state index in [2.05, 4.69) is 17.6 Å². The highest BCUT2D eigenvalue weighted by Gasteiger charge is 2.39. The second-order valence-electron chi connectivity index (χ2n) is 7.63. The van der Waals surface area contributed by atoms with Crippen LogP contribution in [0.15, 0.2) is 24.3 Å². The standard InChI is InChI=1S/C21H30N2O3/c1-15-14-19(15)21(25)23-17-10-8-16(9-11-17)20(24)22-12-5-13-26-18-6-3-2-4-7-18/h8-11,15,18-19H,2-7,12-14H2,1H3,(H,22,24)(H,23,25). The lowest BCUT2D eigenvalue weighted by Gasteiger charge is -2.21. The summed E-state index contributed by atoms with van der Waals surface area (Å²) in [7, 11) is 0. The molecule has 1 aromatic rings. The Kier molecular flexibility index (Phi) is 6.67. The number of anilines is 1. The van der Waals surface area contributed by atoms with Gasteiger partial charge in [-0.3, -0.25) is 9.59 Å². The van der Waals surface area contributed by atoms with Gasteiger partial charge < -0.3 is 15.4 Å². The Morgan fingerprint density at radius 2 is 1.81 bits per heavy atom. The van der Waals surface area contributed by atoms with Crippen LogP contribution in [0.2, 0.25) is 0 Å². The van der Waals surface area contributed by atoms with Gasteiger partial charge in [-0.1, -0.05) is 26.2 Å². The predicted octanol–water partition coefficient (Wildman–Crippen LogP) is 3.75. The van der Waals surface area contributed by atoms with Gasteiger partial charge in [-0.05, 0) is 55.9 Å². The highest BCUT2D eigenvalue weighted by Crippen LogP contribution is 2.38. The Hall–Kier alpha value is -1.88. The fourth-order valence-corrected chi connectivity index (χ4v) is 3.49. The summed E-state index contributed by atoms with van der Waals surface area (Å²) in [4.78, 5) is 24.1. The summed E-state index contributed by atoms with van der Waals surface area (Å²) in [5.41, 5.74) is 1.35. The molecule has 0 heterocycles. The number of amides is 2. The number of carbonyl (C=O) groups is 2. The van der Waals surface area contributed by atoms with E-state index in [1.54, 1.807) is 24.3 Å². The third kappa shape index (κ3) is 5.56. The second-order valence-corrected chi connectivity index (χ2v) is 7.63. The number of ether oxygens (including phenoxy) is 1. The summed E-state index contributed by atoms with van der Waals surface area (Å²) in [6, 6.07) is 7.07. The topological polar surface area (TPSA) is 67.4 Å². The molecule has 2 unspecified atom stereocenters. The van der Waals surface area contributed by atoms with Crippen LogP contribution in [0.3, 0.4) is 0 Å². The molecule has 5 nitrogen and oxygen atoms in total. The van der Waals surface area contributed by atoms with Gasteiger partial charge in [0.25, 0.3) is 5.91 Å². The summed E-state index contributed by atoms with van der Waals surface area (Å²) < 4.78 is 5.86. The minimum atomic E-state index is -0.0867. The second kappa shape index (κ2) is 9.17. The van der Waals surface area contributed by atoms with Crippen molar-refractivity contribution in [3.05, 3.63) is 29.8 Å². The lowest BCUT2D eigenvalue weighted by atomic mass is 9.98. The number of nitrogens with one attached hydrogen (secondary N) is 2. The molecule has 0 aliphatic heterocycles. The molecular formula is C21H30N2O3. The predicted molar refractivity (Wildman–Crippen MR) is 102 cm³/mol. The molecule has 2 N–H and O–H groups in total. The highest BCUT2D eigenvalue weighted by atomic mass is 16.5. The van der Waals surface area contributed by atoms with E-state index in [-0.39, 0.29) is 17.7 Å². The number of hydrogen-bond donors (Lipinski definition) is 2. The molecule has 2 saturated carbocycles. The molecular weight excluding hydrogens is 328 g/mol. The molecule has 0 radical (unpaired) electrons. The molecule has 5 heteroatoms. The van der Waals surface area contributed by atoms with E-state index in [4.69, 9.17) is 4.74 Å². The van der Waals surface area contributed by atoms with Crippen LogP contribution in [0.25, 0.3) is 0 Å². The molecule has 0 saturated heterocycles. The van der Waals surface area contributed by atoms with Gasteiger partial charge in [0.2, 0.25) is 5.91 Å². The van der Waals surface area contributed by atoms with Crippen LogP contribution >= 0.6 is 0 Å². The van der Waals surface area contributed by atoms with Crippen molar-refractivity contribution in [2.45, 2.75) is 58.0 Å². The Bertz CT molecular complexity index is 608. The first-order chi connectivity index (χ1) is 12.6. The van der Waals surface area contributed by atoms with Crippen molar-refractivity contribution < 1.29 is 14.3 Å². The van der Waals surface area contributed by atoms with Crippen molar-refractivity contribution in [1.29, 1.82) is 0 Å². The first-order valence-electron chi connectivity index (χ1n) is 9.94. The van der Waals surface area contributed by atoms with Crippen molar-refractivity contribution in [3.63, 3.8) is 0 Å². The molecule has 26 heavy (non-hydrogen) atoms. The van der Waals surface area contributed by atoms with Crippen LogP contribution in [-0.4, -0.2) is 31.1 Å². The van der Waals surface area contributed by atoms with Crippen LogP contribution in [-0.2, 0) is 9.53 Å². The zero-order valence-electron chi connectivity index (χ0n) is 15.6. The van der Waals surface area contributed by atoms with Crippen molar-refractivity contribution in [2.75, 3.05) is 18.5 Å². The quantitative estimate of drug-likeness (QED) is 0.696. The molecule has 1 aromatic carbocycles. The van der Waals surface area contributed by atoms with E-state index in [1.165, 1.54) is 32.1 Å². The maximum absolute atomic E-state index is 12.2. The molecule has 0 bridgehead atoms. The molecule has 0 aromatic heterocycles. The van der Waals surface area contributed by atoms with Crippen molar-refractivity contribution in [3.8, 4) is 0 Å². The molecule has 2 aliphatic carbocycles. The number of rotatable bonds is 8. The van der Waals surface area contributed by atoms with Crippen molar-refractivity contribution >= 4 is 17.5 Å². The van der Waals surface area contributed by atoms with Crippen molar-refractivity contribution in [2.24, 2.45) is 11.8 Å². The summed E-state index contributed by atoms with van der Waals surface area (Å²) >= 11 is 0. The fraction of sp³-hybridized carbons (Fsp3) is 0.619. The molecule has 3 rings (SSSR count). The first kappa shape index (κ1) is 18.9. The van der Waals surface area contributed by atoms with Gasteiger partial charge in [-0.25, -0.2) is 0 Å². The third-order valence-electron chi connectivity index (χ3n) is 5.37. The molecule has 2 fully saturated rings. The average Bonchev–Trinajstić information content (AvgIpc) is 3.40.